The summed E-state index contributed by atoms with van der Waals surface area (Å²) in [6, 6.07) is 0. The van der Waals surface area contributed by atoms with Crippen LogP contribution in [0, 0.1) is 25.7 Å². The summed E-state index contributed by atoms with van der Waals surface area (Å²) >= 11 is 0. The highest BCUT2D eigenvalue weighted by Crippen LogP contribution is 2.04. The van der Waals surface area contributed by atoms with Crippen molar-refractivity contribution in [2.45, 2.75) is 20.3 Å². The fourth-order valence-electron chi connectivity index (χ4n) is 0.866. The van der Waals surface area contributed by atoms with Crippen LogP contribution in [-0.2, 0) is 0 Å². The molecule has 0 bridgehead atoms. The van der Waals surface area contributed by atoms with Crippen LogP contribution in [0.1, 0.15) is 23.4 Å². The first-order valence-electron chi connectivity index (χ1n) is 4.13. The molecule has 3 nitrogen and oxygen atoms in total. The number of aliphatic hydroxyl groups is 1. The molecule has 0 saturated heterocycles. The normalized spacial score (nSPS) is 9.15. The molecule has 1 rings (SSSR count). The largest absolute Gasteiger partial charge is 0.395 e. The van der Waals surface area contributed by atoms with E-state index in [0.717, 1.165) is 17.0 Å². The van der Waals surface area contributed by atoms with E-state index in [-0.39, 0.29) is 6.61 Å². The highest BCUT2D eigenvalue weighted by molar-refractivity contribution is 5.35. The van der Waals surface area contributed by atoms with Crippen LogP contribution in [0.3, 0.4) is 0 Å². The number of hydrogen-bond acceptors (Lipinski definition) is 3. The Morgan fingerprint density at radius 3 is 2.85 bits per heavy atom. The lowest BCUT2D eigenvalue weighted by Gasteiger charge is -1.98. The first-order chi connectivity index (χ1) is 6.25. The average molecular weight is 176 g/mol. The molecule has 0 unspecified atom stereocenters. The third kappa shape index (κ3) is 2.53. The Morgan fingerprint density at radius 1 is 1.38 bits per heavy atom. The number of hydrogen-bond donors (Lipinski definition) is 1. The van der Waals surface area contributed by atoms with E-state index in [1.807, 2.05) is 13.8 Å². The van der Waals surface area contributed by atoms with Gasteiger partial charge in [0, 0.05) is 17.7 Å². The summed E-state index contributed by atoms with van der Waals surface area (Å²) in [5.41, 5.74) is 2.71. The highest BCUT2D eigenvalue weighted by Gasteiger charge is 1.98. The van der Waals surface area contributed by atoms with E-state index < -0.39 is 0 Å². The Morgan fingerprint density at radius 2 is 2.15 bits per heavy atom. The lowest BCUT2D eigenvalue weighted by molar-refractivity contribution is 0.305. The maximum absolute atomic E-state index is 8.53. The molecule has 1 aromatic heterocycles. The third-order valence-corrected chi connectivity index (χ3v) is 1.78. The second-order valence-electron chi connectivity index (χ2n) is 2.71. The smallest absolute Gasteiger partial charge is 0.119 e. The van der Waals surface area contributed by atoms with Crippen molar-refractivity contribution in [1.82, 2.24) is 9.97 Å². The van der Waals surface area contributed by atoms with E-state index in [0.29, 0.717) is 6.42 Å². The van der Waals surface area contributed by atoms with Gasteiger partial charge in [-0.3, -0.25) is 0 Å². The first kappa shape index (κ1) is 9.69. The highest BCUT2D eigenvalue weighted by atomic mass is 16.2. The number of aryl methyl sites for hydroxylation is 1. The molecule has 1 N–H and O–H groups in total. The fraction of sp³-hybridized carbons (Fsp3) is 0.400. The minimum absolute atomic E-state index is 0.0934. The van der Waals surface area contributed by atoms with E-state index in [9.17, 15) is 0 Å². The average Bonchev–Trinajstić information content (AvgIpc) is 2.13. The zero-order valence-corrected chi connectivity index (χ0v) is 7.83. The van der Waals surface area contributed by atoms with Gasteiger partial charge in [-0.25, -0.2) is 9.97 Å². The molecule has 0 aliphatic heterocycles. The molecule has 0 saturated carbocycles. The zero-order chi connectivity index (χ0) is 9.68. The van der Waals surface area contributed by atoms with Crippen LogP contribution >= 0.6 is 0 Å². The van der Waals surface area contributed by atoms with Gasteiger partial charge in [-0.1, -0.05) is 5.92 Å². The van der Waals surface area contributed by atoms with E-state index in [1.165, 1.54) is 6.33 Å². The van der Waals surface area contributed by atoms with Crippen molar-refractivity contribution in [3.8, 4) is 11.8 Å². The summed E-state index contributed by atoms with van der Waals surface area (Å²) in [5, 5.41) is 8.53. The molecule has 0 spiro atoms. The standard InChI is InChI=1S/C10H12N2O/c1-8-9(2)11-7-12-10(8)5-3-4-6-13/h7,13H,4,6H2,1-2H3. The molecule has 0 atom stereocenters. The maximum Gasteiger partial charge on any atom is 0.119 e. The van der Waals surface area contributed by atoms with Crippen LogP contribution < -0.4 is 0 Å². The Kier molecular flexibility index (Phi) is 3.41. The summed E-state index contributed by atoms with van der Waals surface area (Å²) < 4.78 is 0. The molecule has 0 aromatic carbocycles. The van der Waals surface area contributed by atoms with Gasteiger partial charge in [0.05, 0.1) is 6.61 Å². The second-order valence-corrected chi connectivity index (χ2v) is 2.71. The van der Waals surface area contributed by atoms with Crippen molar-refractivity contribution in [3.63, 3.8) is 0 Å². The van der Waals surface area contributed by atoms with Gasteiger partial charge in [-0.2, -0.15) is 0 Å². The van der Waals surface area contributed by atoms with Crippen molar-refractivity contribution in [3.05, 3.63) is 23.3 Å². The fourth-order valence-corrected chi connectivity index (χ4v) is 0.866. The van der Waals surface area contributed by atoms with Crippen LogP contribution in [0.4, 0.5) is 0 Å². The predicted molar refractivity (Wildman–Crippen MR) is 50.1 cm³/mol. The number of aromatic nitrogens is 2. The lowest BCUT2D eigenvalue weighted by Crippen LogP contribution is -1.94. The topological polar surface area (TPSA) is 46.0 Å². The Hall–Kier alpha value is -1.40. The summed E-state index contributed by atoms with van der Waals surface area (Å²) in [6.45, 7) is 3.96. The Balaban J connectivity index is 2.91. The van der Waals surface area contributed by atoms with E-state index in [4.69, 9.17) is 5.11 Å². The van der Waals surface area contributed by atoms with Crippen molar-refractivity contribution in [2.24, 2.45) is 0 Å². The van der Waals surface area contributed by atoms with Crippen molar-refractivity contribution in [2.75, 3.05) is 6.61 Å². The van der Waals surface area contributed by atoms with Gasteiger partial charge in [0.25, 0.3) is 0 Å². The first-order valence-corrected chi connectivity index (χ1v) is 4.13. The summed E-state index contributed by atoms with van der Waals surface area (Å²) in [5.74, 6) is 5.72. The molecule has 0 aliphatic carbocycles. The van der Waals surface area contributed by atoms with E-state index in [2.05, 4.69) is 21.8 Å². The minimum atomic E-state index is 0.0934. The zero-order valence-electron chi connectivity index (χ0n) is 7.83. The van der Waals surface area contributed by atoms with Gasteiger partial charge in [0.2, 0.25) is 0 Å². The van der Waals surface area contributed by atoms with Gasteiger partial charge >= 0.3 is 0 Å². The Bertz CT molecular complexity index is 350. The quantitative estimate of drug-likeness (QED) is 0.644. The Labute approximate surface area is 77.9 Å². The molecule has 0 amide bonds. The van der Waals surface area contributed by atoms with Gasteiger partial charge < -0.3 is 5.11 Å². The van der Waals surface area contributed by atoms with Gasteiger partial charge in [0.15, 0.2) is 0 Å². The number of nitrogens with zero attached hydrogens (tertiary/aromatic N) is 2. The second kappa shape index (κ2) is 4.58. The van der Waals surface area contributed by atoms with Crippen LogP contribution in [-0.4, -0.2) is 21.7 Å². The molecule has 1 heterocycles. The lowest BCUT2D eigenvalue weighted by atomic mass is 10.2. The molecule has 0 fully saturated rings. The molecule has 1 aromatic rings. The van der Waals surface area contributed by atoms with E-state index >= 15 is 0 Å². The van der Waals surface area contributed by atoms with Gasteiger partial charge in [-0.05, 0) is 19.8 Å². The molecule has 0 radical (unpaired) electrons. The number of aliphatic hydroxyl groups excluding tert-OH is 1. The van der Waals surface area contributed by atoms with Crippen molar-refractivity contribution < 1.29 is 5.11 Å². The monoisotopic (exact) mass is 176 g/mol. The SMILES string of the molecule is Cc1ncnc(C#CCCO)c1C. The van der Waals surface area contributed by atoms with Gasteiger partial charge in [-0.15, -0.1) is 0 Å². The van der Waals surface area contributed by atoms with Crippen molar-refractivity contribution in [1.29, 1.82) is 0 Å². The maximum atomic E-state index is 8.53. The summed E-state index contributed by atoms with van der Waals surface area (Å²) in [6.07, 6.45) is 1.99. The summed E-state index contributed by atoms with van der Waals surface area (Å²) in [4.78, 5) is 8.08. The molecule has 13 heavy (non-hydrogen) atoms. The van der Waals surface area contributed by atoms with Crippen molar-refractivity contribution >= 4 is 0 Å². The molecule has 68 valence electrons. The summed E-state index contributed by atoms with van der Waals surface area (Å²) in [7, 11) is 0. The predicted octanol–water partition coefficient (Wildman–Crippen LogP) is 0.827. The third-order valence-electron chi connectivity index (χ3n) is 1.78. The molecule has 0 aliphatic rings. The van der Waals surface area contributed by atoms with Crippen LogP contribution in [0.15, 0.2) is 6.33 Å². The van der Waals surface area contributed by atoms with Gasteiger partial charge in [0.1, 0.15) is 12.0 Å². The van der Waals surface area contributed by atoms with Crippen LogP contribution in [0.2, 0.25) is 0 Å². The van der Waals surface area contributed by atoms with Crippen LogP contribution in [0.25, 0.3) is 0 Å². The number of rotatable bonds is 1. The molecule has 3 heteroatoms. The van der Waals surface area contributed by atoms with E-state index in [1.54, 1.807) is 0 Å². The molecular weight excluding hydrogens is 164 g/mol. The molecular formula is C10H12N2O. The minimum Gasteiger partial charge on any atom is -0.395 e. The van der Waals surface area contributed by atoms with Crippen LogP contribution in [0.5, 0.6) is 0 Å².